The van der Waals surface area contributed by atoms with Crippen LogP contribution < -0.4 is 15.9 Å². The third kappa shape index (κ3) is 5.60. The molecule has 2 unspecified atom stereocenters. The summed E-state index contributed by atoms with van der Waals surface area (Å²) in [4.78, 5) is 30.3. The van der Waals surface area contributed by atoms with E-state index in [-0.39, 0.29) is 28.9 Å². The number of allylic oxidation sites excluding steroid dienone is 1. The molecule has 2 aromatic heterocycles. The fourth-order valence-corrected chi connectivity index (χ4v) is 5.27. The smallest absolute Gasteiger partial charge is 0.333 e. The predicted octanol–water partition coefficient (Wildman–Crippen LogP) is 4.76. The summed E-state index contributed by atoms with van der Waals surface area (Å²) < 4.78 is 18.8. The van der Waals surface area contributed by atoms with Crippen molar-refractivity contribution in [2.75, 3.05) is 5.73 Å². The lowest BCUT2D eigenvalue weighted by molar-refractivity contribution is -0.158. The highest BCUT2D eigenvalue weighted by atomic mass is 16.6. The van der Waals surface area contributed by atoms with Crippen LogP contribution in [0.2, 0.25) is 0 Å². The number of benzene rings is 2. The van der Waals surface area contributed by atoms with Crippen molar-refractivity contribution >= 4 is 22.8 Å². The molecular weight excluding hydrogens is 536 g/mol. The highest BCUT2D eigenvalue weighted by Gasteiger charge is 2.46. The molecule has 4 aromatic rings. The predicted molar refractivity (Wildman–Crippen MR) is 158 cm³/mol. The van der Waals surface area contributed by atoms with Crippen LogP contribution in [0.5, 0.6) is 11.5 Å². The number of carbonyl (C=O) groups is 1. The molecule has 4 N–H and O–H groups in total. The van der Waals surface area contributed by atoms with Gasteiger partial charge < -0.3 is 29.8 Å². The number of hydrogen-bond donors (Lipinski definition) is 3. The average Bonchev–Trinajstić information content (AvgIpc) is 2.99. The van der Waals surface area contributed by atoms with E-state index < -0.39 is 29.7 Å². The number of aromatic nitrogens is 1. The molecule has 1 aliphatic heterocycles. The maximum absolute atomic E-state index is 13.2. The topological polar surface area (TPSA) is 145 Å². The molecule has 1 aliphatic rings. The van der Waals surface area contributed by atoms with Gasteiger partial charge in [0.25, 0.3) is 0 Å². The number of anilines is 1. The van der Waals surface area contributed by atoms with Crippen molar-refractivity contribution in [1.29, 1.82) is 0 Å². The second-order valence-corrected chi connectivity index (χ2v) is 10.8. The van der Waals surface area contributed by atoms with Gasteiger partial charge in [-0.15, -0.1) is 0 Å². The second-order valence-electron chi connectivity index (χ2n) is 10.8. The van der Waals surface area contributed by atoms with E-state index in [1.54, 1.807) is 32.2 Å². The summed E-state index contributed by atoms with van der Waals surface area (Å²) >= 11 is 0. The van der Waals surface area contributed by atoms with Crippen LogP contribution in [-0.4, -0.2) is 32.9 Å². The Morgan fingerprint density at radius 3 is 2.64 bits per heavy atom. The number of phenols is 1. The second kappa shape index (κ2) is 11.7. The van der Waals surface area contributed by atoms with Gasteiger partial charge in [0.1, 0.15) is 52.4 Å². The van der Waals surface area contributed by atoms with Crippen LogP contribution in [0.25, 0.3) is 11.0 Å². The molecule has 0 fully saturated rings. The normalized spacial score (nSPS) is 18.4. The number of aliphatic hydroxyl groups excluding tert-OH is 1. The van der Waals surface area contributed by atoms with E-state index in [9.17, 15) is 19.8 Å². The van der Waals surface area contributed by atoms with Crippen molar-refractivity contribution < 1.29 is 28.9 Å². The lowest BCUT2D eigenvalue weighted by Crippen LogP contribution is -2.51. The highest BCUT2D eigenvalue weighted by Crippen LogP contribution is 2.48. The lowest BCUT2D eigenvalue weighted by atomic mass is 9.82. The number of aromatic hydroxyl groups is 1. The zero-order valence-corrected chi connectivity index (χ0v) is 23.8. The first kappa shape index (κ1) is 28.9. The third-order valence-electron chi connectivity index (χ3n) is 7.89. The quantitative estimate of drug-likeness (QED) is 0.202. The van der Waals surface area contributed by atoms with Crippen molar-refractivity contribution in [1.82, 2.24) is 4.98 Å². The first-order valence-corrected chi connectivity index (χ1v) is 13.8. The van der Waals surface area contributed by atoms with Crippen molar-refractivity contribution in [2.24, 2.45) is 0 Å². The third-order valence-corrected chi connectivity index (χ3v) is 7.89. The standard InChI is InChI=1S/C33H34N2O7/c1-4-19(2)32(39)41-26-16-23-29(38)28-25(37)15-22(18-36)40-31(28)24(14-20-8-6-5-7-9-20)30(23)42-33(26,3)13-12-21-10-11-27(34)35-17-21/h4-11,15,17,26,36,38H,12-14,16,18H2,1-3H3,(H2,34,35). The Kier molecular flexibility index (Phi) is 8.04. The number of ether oxygens (including phenoxy) is 2. The Balaban J connectivity index is 1.68. The van der Waals surface area contributed by atoms with Gasteiger partial charge in [-0.05, 0) is 50.8 Å². The number of aliphatic hydroxyl groups is 1. The first-order chi connectivity index (χ1) is 20.1. The van der Waals surface area contributed by atoms with Gasteiger partial charge in [-0.3, -0.25) is 4.79 Å². The largest absolute Gasteiger partial charge is 0.507 e. The molecular formula is C33H34N2O7. The molecule has 0 bridgehead atoms. The fraction of sp³-hybridized carbons (Fsp3) is 0.303. The van der Waals surface area contributed by atoms with Crippen molar-refractivity contribution in [2.45, 2.75) is 64.8 Å². The Labute approximate surface area is 243 Å². The minimum atomic E-state index is -1.03. The van der Waals surface area contributed by atoms with Gasteiger partial charge in [0.05, 0.1) is 0 Å². The summed E-state index contributed by atoms with van der Waals surface area (Å²) in [6.45, 7) is 4.82. The number of pyridine rings is 1. The summed E-state index contributed by atoms with van der Waals surface area (Å²) in [6, 6.07) is 14.4. The summed E-state index contributed by atoms with van der Waals surface area (Å²) in [5.74, 6) is 0.0767. The Morgan fingerprint density at radius 1 is 1.21 bits per heavy atom. The van der Waals surface area contributed by atoms with Crippen LogP contribution in [0.4, 0.5) is 5.82 Å². The highest BCUT2D eigenvalue weighted by molar-refractivity contribution is 5.91. The van der Waals surface area contributed by atoms with E-state index in [0.29, 0.717) is 47.5 Å². The summed E-state index contributed by atoms with van der Waals surface area (Å²) in [5, 5.41) is 21.2. The van der Waals surface area contributed by atoms with E-state index in [0.717, 1.165) is 11.1 Å². The van der Waals surface area contributed by atoms with Crippen LogP contribution >= 0.6 is 0 Å². The van der Waals surface area contributed by atoms with Crippen molar-refractivity contribution in [3.8, 4) is 11.5 Å². The van der Waals surface area contributed by atoms with Gasteiger partial charge in [-0.1, -0.05) is 42.5 Å². The van der Waals surface area contributed by atoms with Gasteiger partial charge in [0.2, 0.25) is 0 Å². The van der Waals surface area contributed by atoms with Crippen LogP contribution in [0, 0.1) is 0 Å². The number of carbonyl (C=O) groups excluding carboxylic acids is 1. The molecule has 3 heterocycles. The molecule has 5 rings (SSSR count). The molecule has 2 atom stereocenters. The number of esters is 1. The molecule has 9 nitrogen and oxygen atoms in total. The van der Waals surface area contributed by atoms with Crippen molar-refractivity contribution in [3.05, 3.63) is 105 Å². The van der Waals surface area contributed by atoms with E-state index >= 15 is 0 Å². The number of nitrogens with two attached hydrogens (primary N) is 1. The Morgan fingerprint density at radius 2 is 1.98 bits per heavy atom. The summed E-state index contributed by atoms with van der Waals surface area (Å²) in [5.41, 5.74) is 7.62. The zero-order chi connectivity index (χ0) is 30.0. The fourth-order valence-electron chi connectivity index (χ4n) is 5.27. The van der Waals surface area contributed by atoms with Gasteiger partial charge >= 0.3 is 5.97 Å². The number of nitrogens with zero attached hydrogens (tertiary/aromatic N) is 1. The average molecular weight is 571 g/mol. The first-order valence-electron chi connectivity index (χ1n) is 13.8. The zero-order valence-electron chi connectivity index (χ0n) is 23.8. The molecule has 218 valence electrons. The van der Waals surface area contributed by atoms with Crippen LogP contribution in [0.15, 0.2) is 75.6 Å². The van der Waals surface area contributed by atoms with Gasteiger partial charge in [-0.2, -0.15) is 0 Å². The molecule has 0 aliphatic carbocycles. The minimum absolute atomic E-state index is 0.00764. The van der Waals surface area contributed by atoms with Crippen LogP contribution in [-0.2, 0) is 35.4 Å². The Bertz CT molecular complexity index is 1710. The molecule has 42 heavy (non-hydrogen) atoms. The monoisotopic (exact) mass is 570 g/mol. The van der Waals surface area contributed by atoms with E-state index in [4.69, 9.17) is 19.6 Å². The molecule has 9 heteroatoms. The molecule has 0 saturated heterocycles. The lowest BCUT2D eigenvalue weighted by Gasteiger charge is -2.43. The number of aryl methyl sites for hydroxylation is 1. The number of nitrogen functional groups attached to an aromatic ring is 1. The summed E-state index contributed by atoms with van der Waals surface area (Å²) in [6.07, 6.45) is 4.01. The van der Waals surface area contributed by atoms with E-state index in [1.165, 1.54) is 6.07 Å². The SMILES string of the molecule is CC=C(C)C(=O)OC1Cc2c(c(Cc3ccccc3)c3oc(CO)cc(=O)c3c2O)OC1(C)CCc1ccc(N)nc1. The number of hydrogen-bond acceptors (Lipinski definition) is 9. The van der Waals surface area contributed by atoms with E-state index in [2.05, 4.69) is 4.98 Å². The number of phenolic OH excluding ortho intramolecular Hbond substituents is 1. The maximum atomic E-state index is 13.2. The van der Waals surface area contributed by atoms with Gasteiger partial charge in [0, 0.05) is 41.8 Å². The Hall–Kier alpha value is -4.63. The minimum Gasteiger partial charge on any atom is -0.507 e. The molecule has 0 radical (unpaired) electrons. The van der Waals surface area contributed by atoms with Crippen LogP contribution in [0.1, 0.15) is 55.2 Å². The van der Waals surface area contributed by atoms with E-state index in [1.807, 2.05) is 43.3 Å². The molecule has 2 aromatic carbocycles. The molecule has 0 amide bonds. The van der Waals surface area contributed by atoms with Crippen LogP contribution in [0.3, 0.4) is 0 Å². The number of fused-ring (bicyclic) bond motifs is 2. The van der Waals surface area contributed by atoms with Crippen molar-refractivity contribution in [3.63, 3.8) is 0 Å². The number of rotatable bonds is 8. The maximum Gasteiger partial charge on any atom is 0.333 e. The van der Waals surface area contributed by atoms with Gasteiger partial charge in [0.15, 0.2) is 5.43 Å². The molecule has 0 spiro atoms. The summed E-state index contributed by atoms with van der Waals surface area (Å²) in [7, 11) is 0. The molecule has 0 saturated carbocycles. The van der Waals surface area contributed by atoms with Gasteiger partial charge in [-0.25, -0.2) is 9.78 Å².